The number of aryl methyl sites for hydroxylation is 1. The number of aliphatic hydroxyl groups is 1. The maximum atomic E-state index is 9.86. The van der Waals surface area contributed by atoms with E-state index in [0.717, 1.165) is 24.2 Å². The van der Waals surface area contributed by atoms with E-state index in [1.165, 1.54) is 89.0 Å². The van der Waals surface area contributed by atoms with Crippen LogP contribution in [0.3, 0.4) is 0 Å². The van der Waals surface area contributed by atoms with Crippen LogP contribution in [0.1, 0.15) is 102 Å². The highest BCUT2D eigenvalue weighted by Crippen LogP contribution is 2.18. The lowest BCUT2D eigenvalue weighted by Gasteiger charge is -2.09. The molecule has 0 fully saturated rings. The summed E-state index contributed by atoms with van der Waals surface area (Å²) in [6.45, 7) is 2.19. The third kappa shape index (κ3) is 12.6. The fourth-order valence-corrected chi connectivity index (χ4v) is 4.15. The number of para-hydroxylation sites is 1. The van der Waals surface area contributed by atoms with Crippen LogP contribution in [-0.2, 0) is 6.42 Å². The van der Waals surface area contributed by atoms with Gasteiger partial charge in [0, 0.05) is 11.4 Å². The van der Waals surface area contributed by atoms with Crippen molar-refractivity contribution in [1.82, 2.24) is 0 Å². The predicted molar refractivity (Wildman–Crippen MR) is 136 cm³/mol. The van der Waals surface area contributed by atoms with Gasteiger partial charge in [0.2, 0.25) is 0 Å². The molecule has 1 unspecified atom stereocenters. The second-order valence-corrected chi connectivity index (χ2v) is 9.06. The summed E-state index contributed by atoms with van der Waals surface area (Å²) in [6.07, 6.45) is 18.9. The van der Waals surface area contributed by atoms with Crippen molar-refractivity contribution in [2.75, 3.05) is 5.32 Å². The van der Waals surface area contributed by atoms with Gasteiger partial charge in [-0.25, -0.2) is 0 Å². The lowest BCUT2D eigenvalue weighted by Crippen LogP contribution is -2.05. The molecule has 0 saturated heterocycles. The molecule has 0 aliphatic rings. The zero-order valence-electron chi connectivity index (χ0n) is 19.8. The molecule has 2 aromatic rings. The Morgan fingerprint density at radius 2 is 1.13 bits per heavy atom. The van der Waals surface area contributed by atoms with E-state index >= 15 is 0 Å². The minimum atomic E-state index is -0.0520. The number of hydrogen-bond acceptors (Lipinski definition) is 2. The first-order chi connectivity index (χ1) is 15.3. The van der Waals surface area contributed by atoms with Crippen molar-refractivity contribution in [3.63, 3.8) is 0 Å². The van der Waals surface area contributed by atoms with E-state index in [0.29, 0.717) is 0 Å². The highest BCUT2D eigenvalue weighted by Gasteiger charge is 2.02. The second-order valence-electron chi connectivity index (χ2n) is 9.06. The molecule has 1 atom stereocenters. The minimum Gasteiger partial charge on any atom is -0.393 e. The molecule has 2 aromatic carbocycles. The molecule has 2 N–H and O–H groups in total. The molecule has 172 valence electrons. The van der Waals surface area contributed by atoms with E-state index in [2.05, 4.69) is 60.8 Å². The first-order valence-electron chi connectivity index (χ1n) is 12.9. The molecule has 0 radical (unpaired) electrons. The average Bonchev–Trinajstić information content (AvgIpc) is 2.80. The van der Waals surface area contributed by atoms with Gasteiger partial charge in [0.25, 0.3) is 0 Å². The van der Waals surface area contributed by atoms with Crippen LogP contribution in [0.15, 0.2) is 54.6 Å². The highest BCUT2D eigenvalue weighted by atomic mass is 16.3. The van der Waals surface area contributed by atoms with Crippen molar-refractivity contribution in [3.05, 3.63) is 60.2 Å². The van der Waals surface area contributed by atoms with Crippen LogP contribution in [0, 0.1) is 0 Å². The van der Waals surface area contributed by atoms with Crippen molar-refractivity contribution in [2.45, 2.75) is 109 Å². The third-order valence-electron chi connectivity index (χ3n) is 6.16. The number of aliphatic hydroxyl groups excluding tert-OH is 1. The first kappa shape index (κ1) is 25.5. The SMILES string of the molecule is CCCCC(O)CCCCCCCCCCCCc1ccc(Nc2ccccc2)cc1. The van der Waals surface area contributed by atoms with Crippen molar-refractivity contribution < 1.29 is 5.11 Å². The van der Waals surface area contributed by atoms with Crippen molar-refractivity contribution in [2.24, 2.45) is 0 Å². The summed E-state index contributed by atoms with van der Waals surface area (Å²) in [5.41, 5.74) is 3.73. The van der Waals surface area contributed by atoms with Gasteiger partial charge in [-0.3, -0.25) is 0 Å². The largest absolute Gasteiger partial charge is 0.393 e. The van der Waals surface area contributed by atoms with Crippen LogP contribution in [0.4, 0.5) is 11.4 Å². The van der Waals surface area contributed by atoms with Crippen molar-refractivity contribution in [1.29, 1.82) is 0 Å². The molecule has 2 nitrogen and oxygen atoms in total. The number of nitrogens with one attached hydrogen (secondary N) is 1. The Bertz CT molecular complexity index is 652. The number of anilines is 2. The van der Waals surface area contributed by atoms with Crippen LogP contribution in [0.5, 0.6) is 0 Å². The summed E-state index contributed by atoms with van der Waals surface area (Å²) < 4.78 is 0. The maximum Gasteiger partial charge on any atom is 0.0540 e. The normalized spacial score (nSPS) is 12.1. The fourth-order valence-electron chi connectivity index (χ4n) is 4.15. The molecule has 0 aromatic heterocycles. The van der Waals surface area contributed by atoms with Crippen LogP contribution in [0.2, 0.25) is 0 Å². The van der Waals surface area contributed by atoms with E-state index in [1.807, 2.05) is 6.07 Å². The third-order valence-corrected chi connectivity index (χ3v) is 6.16. The molecule has 0 amide bonds. The standard InChI is InChI=1S/C29H45NO/c1-2-3-20-29(31)21-16-11-9-7-5-4-6-8-10-13-17-26-22-24-28(25-23-26)30-27-18-14-12-15-19-27/h12,14-15,18-19,22-25,29-31H,2-11,13,16-17,20-21H2,1H3. The second kappa shape index (κ2) is 16.8. The molecule has 31 heavy (non-hydrogen) atoms. The van der Waals surface area contributed by atoms with Gasteiger partial charge in [-0.1, -0.05) is 108 Å². The monoisotopic (exact) mass is 423 g/mol. The molecule has 0 aliphatic heterocycles. The summed E-state index contributed by atoms with van der Waals surface area (Å²) >= 11 is 0. The molecule has 0 bridgehead atoms. The average molecular weight is 424 g/mol. The lowest BCUT2D eigenvalue weighted by atomic mass is 10.0. The summed E-state index contributed by atoms with van der Waals surface area (Å²) in [6, 6.07) is 19.2. The Hall–Kier alpha value is -1.80. The Morgan fingerprint density at radius 3 is 1.74 bits per heavy atom. The smallest absolute Gasteiger partial charge is 0.0540 e. The van der Waals surface area contributed by atoms with Gasteiger partial charge >= 0.3 is 0 Å². The summed E-state index contributed by atoms with van der Waals surface area (Å²) in [4.78, 5) is 0. The molecule has 0 saturated carbocycles. The van der Waals surface area contributed by atoms with E-state index < -0.39 is 0 Å². The summed E-state index contributed by atoms with van der Waals surface area (Å²) in [7, 11) is 0. The number of unbranched alkanes of at least 4 members (excludes halogenated alkanes) is 10. The molecule has 0 aliphatic carbocycles. The van der Waals surface area contributed by atoms with Crippen LogP contribution in [-0.4, -0.2) is 11.2 Å². The minimum absolute atomic E-state index is 0.0520. The fraction of sp³-hybridized carbons (Fsp3) is 0.586. The van der Waals surface area contributed by atoms with Crippen LogP contribution >= 0.6 is 0 Å². The Balaban J connectivity index is 1.39. The number of hydrogen-bond donors (Lipinski definition) is 2. The number of rotatable bonds is 18. The topological polar surface area (TPSA) is 32.3 Å². The summed E-state index contributed by atoms with van der Waals surface area (Å²) in [5.74, 6) is 0. The van der Waals surface area contributed by atoms with Gasteiger partial charge in [0.1, 0.15) is 0 Å². The predicted octanol–water partition coefficient (Wildman–Crippen LogP) is 8.81. The van der Waals surface area contributed by atoms with Gasteiger partial charge in [-0.05, 0) is 55.5 Å². The lowest BCUT2D eigenvalue weighted by molar-refractivity contribution is 0.148. The van der Waals surface area contributed by atoms with Gasteiger partial charge in [0.05, 0.1) is 6.10 Å². The molecule has 2 rings (SSSR count). The molecular formula is C29H45NO. The molecule has 0 spiro atoms. The van der Waals surface area contributed by atoms with Crippen molar-refractivity contribution in [3.8, 4) is 0 Å². The Kier molecular flexibility index (Phi) is 13.8. The van der Waals surface area contributed by atoms with Crippen LogP contribution in [0.25, 0.3) is 0 Å². The summed E-state index contributed by atoms with van der Waals surface area (Å²) in [5, 5.41) is 13.3. The van der Waals surface area contributed by atoms with E-state index in [-0.39, 0.29) is 6.10 Å². The Morgan fingerprint density at radius 1 is 0.613 bits per heavy atom. The molecular weight excluding hydrogens is 378 g/mol. The van der Waals surface area contributed by atoms with Crippen molar-refractivity contribution >= 4 is 11.4 Å². The van der Waals surface area contributed by atoms with E-state index in [9.17, 15) is 5.11 Å². The molecule has 2 heteroatoms. The van der Waals surface area contributed by atoms with Gasteiger partial charge in [-0.15, -0.1) is 0 Å². The van der Waals surface area contributed by atoms with Crippen LogP contribution < -0.4 is 5.32 Å². The first-order valence-corrected chi connectivity index (χ1v) is 12.9. The van der Waals surface area contributed by atoms with E-state index in [4.69, 9.17) is 0 Å². The zero-order valence-corrected chi connectivity index (χ0v) is 19.8. The Labute approximate surface area is 191 Å². The van der Waals surface area contributed by atoms with Gasteiger partial charge in [0.15, 0.2) is 0 Å². The maximum absolute atomic E-state index is 9.86. The number of benzene rings is 2. The molecule has 0 heterocycles. The van der Waals surface area contributed by atoms with Gasteiger partial charge in [-0.2, -0.15) is 0 Å². The van der Waals surface area contributed by atoms with Gasteiger partial charge < -0.3 is 10.4 Å². The van der Waals surface area contributed by atoms with E-state index in [1.54, 1.807) is 0 Å². The zero-order chi connectivity index (χ0) is 22.0. The highest BCUT2D eigenvalue weighted by molar-refractivity contribution is 5.59. The quantitative estimate of drug-likeness (QED) is 0.235.